The molecule has 3 aromatic rings. The summed E-state index contributed by atoms with van der Waals surface area (Å²) in [7, 11) is 0. The Morgan fingerprint density at radius 2 is 1.68 bits per heavy atom. The standard InChI is InChI=1S/C22H27N5O/c1-14(2)19(13-28)25-22-24-18(17-8-10-23-11-9-17)12-20(27-22)26-21-15(3)6-5-7-16(21)4/h5-12,14,19,28H,13H2,1-4H3,(H2,24,25,26,27)/t19-/m0/s1. The van der Waals surface area contributed by atoms with E-state index in [4.69, 9.17) is 0 Å². The van der Waals surface area contributed by atoms with Gasteiger partial charge in [-0.1, -0.05) is 32.0 Å². The normalized spacial score (nSPS) is 12.1. The zero-order valence-corrected chi connectivity index (χ0v) is 16.8. The molecule has 146 valence electrons. The lowest BCUT2D eigenvalue weighted by Gasteiger charge is -2.21. The predicted molar refractivity (Wildman–Crippen MR) is 114 cm³/mol. The van der Waals surface area contributed by atoms with Crippen molar-refractivity contribution in [1.29, 1.82) is 0 Å². The summed E-state index contributed by atoms with van der Waals surface area (Å²) < 4.78 is 0. The van der Waals surface area contributed by atoms with Crippen LogP contribution in [-0.4, -0.2) is 32.7 Å². The van der Waals surface area contributed by atoms with Gasteiger partial charge in [0, 0.05) is 29.7 Å². The summed E-state index contributed by atoms with van der Waals surface area (Å²) in [6.45, 7) is 8.26. The van der Waals surface area contributed by atoms with Crippen molar-refractivity contribution in [2.75, 3.05) is 17.2 Å². The van der Waals surface area contributed by atoms with Crippen LogP contribution in [0.2, 0.25) is 0 Å². The lowest BCUT2D eigenvalue weighted by molar-refractivity contribution is 0.248. The summed E-state index contributed by atoms with van der Waals surface area (Å²) in [6.07, 6.45) is 3.49. The highest BCUT2D eigenvalue weighted by molar-refractivity contribution is 5.70. The van der Waals surface area contributed by atoms with Crippen molar-refractivity contribution < 1.29 is 5.11 Å². The second-order valence-electron chi connectivity index (χ2n) is 7.27. The molecule has 28 heavy (non-hydrogen) atoms. The molecule has 0 aliphatic carbocycles. The van der Waals surface area contributed by atoms with E-state index in [0.29, 0.717) is 11.8 Å². The van der Waals surface area contributed by atoms with Gasteiger partial charge in [0.15, 0.2) is 0 Å². The number of pyridine rings is 1. The van der Waals surface area contributed by atoms with E-state index in [9.17, 15) is 5.11 Å². The van der Waals surface area contributed by atoms with Gasteiger partial charge in [-0.2, -0.15) is 4.98 Å². The summed E-state index contributed by atoms with van der Waals surface area (Å²) in [5, 5.41) is 16.4. The van der Waals surface area contributed by atoms with Crippen molar-refractivity contribution in [1.82, 2.24) is 15.0 Å². The number of hydrogen-bond donors (Lipinski definition) is 3. The first-order chi connectivity index (χ1) is 13.5. The van der Waals surface area contributed by atoms with Crippen LogP contribution in [0.1, 0.15) is 25.0 Å². The molecular weight excluding hydrogens is 350 g/mol. The number of aryl methyl sites for hydroxylation is 2. The second-order valence-corrected chi connectivity index (χ2v) is 7.27. The van der Waals surface area contributed by atoms with Crippen LogP contribution in [0.25, 0.3) is 11.3 Å². The first-order valence-corrected chi connectivity index (χ1v) is 9.48. The minimum atomic E-state index is -0.124. The molecule has 3 rings (SSSR count). The molecule has 1 aromatic carbocycles. The van der Waals surface area contributed by atoms with Crippen LogP contribution in [0, 0.1) is 19.8 Å². The fourth-order valence-corrected chi connectivity index (χ4v) is 2.98. The largest absolute Gasteiger partial charge is 0.394 e. The van der Waals surface area contributed by atoms with Gasteiger partial charge in [-0.05, 0) is 43.0 Å². The highest BCUT2D eigenvalue weighted by Crippen LogP contribution is 2.27. The van der Waals surface area contributed by atoms with E-state index in [1.807, 2.05) is 24.3 Å². The highest BCUT2D eigenvalue weighted by atomic mass is 16.3. The Labute approximate surface area is 166 Å². The third kappa shape index (κ3) is 4.64. The second kappa shape index (κ2) is 8.80. The van der Waals surface area contributed by atoms with Gasteiger partial charge in [-0.25, -0.2) is 4.98 Å². The molecular formula is C22H27N5O. The third-order valence-corrected chi connectivity index (χ3v) is 4.75. The Hall–Kier alpha value is -2.99. The van der Waals surface area contributed by atoms with E-state index in [1.54, 1.807) is 12.4 Å². The van der Waals surface area contributed by atoms with E-state index in [2.05, 4.69) is 65.4 Å². The molecule has 2 heterocycles. The van der Waals surface area contributed by atoms with Crippen molar-refractivity contribution in [3.8, 4) is 11.3 Å². The number of rotatable bonds is 7. The number of para-hydroxylation sites is 1. The van der Waals surface area contributed by atoms with Gasteiger partial charge < -0.3 is 15.7 Å². The summed E-state index contributed by atoms with van der Waals surface area (Å²) in [5.74, 6) is 1.42. The molecule has 0 fully saturated rings. The number of nitrogens with one attached hydrogen (secondary N) is 2. The van der Waals surface area contributed by atoms with Crippen LogP contribution < -0.4 is 10.6 Å². The van der Waals surface area contributed by atoms with Gasteiger partial charge in [0.2, 0.25) is 5.95 Å². The van der Waals surface area contributed by atoms with Crippen molar-refractivity contribution in [3.63, 3.8) is 0 Å². The molecule has 0 unspecified atom stereocenters. The number of benzene rings is 1. The molecule has 0 aliphatic rings. The molecule has 0 saturated carbocycles. The Morgan fingerprint density at radius 1 is 1.00 bits per heavy atom. The lowest BCUT2D eigenvalue weighted by atomic mass is 10.1. The fourth-order valence-electron chi connectivity index (χ4n) is 2.98. The Balaban J connectivity index is 2.02. The number of aliphatic hydroxyl groups is 1. The van der Waals surface area contributed by atoms with Gasteiger partial charge in [0.05, 0.1) is 18.3 Å². The van der Waals surface area contributed by atoms with Crippen molar-refractivity contribution in [2.45, 2.75) is 33.7 Å². The molecule has 1 atom stereocenters. The number of nitrogens with zero attached hydrogens (tertiary/aromatic N) is 3. The molecule has 6 nitrogen and oxygen atoms in total. The maximum absolute atomic E-state index is 9.68. The average Bonchev–Trinajstić information content (AvgIpc) is 2.69. The van der Waals surface area contributed by atoms with E-state index in [0.717, 1.165) is 28.1 Å². The molecule has 0 spiro atoms. The van der Waals surface area contributed by atoms with E-state index < -0.39 is 0 Å². The number of aliphatic hydroxyl groups excluding tert-OH is 1. The fraction of sp³-hybridized carbons (Fsp3) is 0.318. The molecule has 0 amide bonds. The minimum absolute atomic E-state index is 0.0141. The van der Waals surface area contributed by atoms with Crippen molar-refractivity contribution in [3.05, 3.63) is 59.9 Å². The monoisotopic (exact) mass is 377 g/mol. The number of aromatic nitrogens is 3. The third-order valence-electron chi connectivity index (χ3n) is 4.75. The molecule has 0 bridgehead atoms. The molecule has 0 radical (unpaired) electrons. The molecule has 0 saturated heterocycles. The average molecular weight is 377 g/mol. The van der Waals surface area contributed by atoms with Gasteiger partial charge in [0.1, 0.15) is 5.82 Å². The van der Waals surface area contributed by atoms with E-state index >= 15 is 0 Å². The van der Waals surface area contributed by atoms with Crippen molar-refractivity contribution in [2.24, 2.45) is 5.92 Å². The summed E-state index contributed by atoms with van der Waals surface area (Å²) in [6, 6.07) is 11.8. The lowest BCUT2D eigenvalue weighted by Crippen LogP contribution is -2.30. The van der Waals surface area contributed by atoms with Gasteiger partial charge >= 0.3 is 0 Å². The van der Waals surface area contributed by atoms with Crippen LogP contribution in [0.3, 0.4) is 0 Å². The molecule has 0 aliphatic heterocycles. The first-order valence-electron chi connectivity index (χ1n) is 9.48. The summed E-state index contributed by atoms with van der Waals surface area (Å²) in [5.41, 5.74) is 5.07. The van der Waals surface area contributed by atoms with Crippen molar-refractivity contribution >= 4 is 17.5 Å². The zero-order valence-electron chi connectivity index (χ0n) is 16.8. The first kappa shape index (κ1) is 19.8. The predicted octanol–water partition coefficient (Wildman–Crippen LogP) is 4.33. The van der Waals surface area contributed by atoms with Crippen LogP contribution in [0.15, 0.2) is 48.8 Å². The maximum Gasteiger partial charge on any atom is 0.225 e. The Kier molecular flexibility index (Phi) is 6.21. The van der Waals surface area contributed by atoms with Crippen LogP contribution in [-0.2, 0) is 0 Å². The smallest absolute Gasteiger partial charge is 0.225 e. The Morgan fingerprint density at radius 3 is 2.29 bits per heavy atom. The Bertz CT molecular complexity index is 907. The topological polar surface area (TPSA) is 83.0 Å². The summed E-state index contributed by atoms with van der Waals surface area (Å²) in [4.78, 5) is 13.4. The maximum atomic E-state index is 9.68. The van der Waals surface area contributed by atoms with E-state index in [-0.39, 0.29) is 18.6 Å². The molecule has 2 aromatic heterocycles. The number of anilines is 3. The SMILES string of the molecule is Cc1cccc(C)c1Nc1cc(-c2ccncc2)nc(N[C@@H](CO)C(C)C)n1. The quantitative estimate of drug-likeness (QED) is 0.568. The highest BCUT2D eigenvalue weighted by Gasteiger charge is 2.15. The van der Waals surface area contributed by atoms with Gasteiger partial charge in [-0.15, -0.1) is 0 Å². The van der Waals surface area contributed by atoms with Crippen LogP contribution in [0.5, 0.6) is 0 Å². The minimum Gasteiger partial charge on any atom is -0.394 e. The zero-order chi connectivity index (χ0) is 20.1. The summed E-state index contributed by atoms with van der Waals surface area (Å²) >= 11 is 0. The van der Waals surface area contributed by atoms with Crippen LogP contribution in [0.4, 0.5) is 17.5 Å². The van der Waals surface area contributed by atoms with E-state index in [1.165, 1.54) is 0 Å². The molecule has 6 heteroatoms. The van der Waals surface area contributed by atoms with Gasteiger partial charge in [-0.3, -0.25) is 4.98 Å². The van der Waals surface area contributed by atoms with Gasteiger partial charge in [0.25, 0.3) is 0 Å². The number of hydrogen-bond acceptors (Lipinski definition) is 6. The molecule has 3 N–H and O–H groups in total. The van der Waals surface area contributed by atoms with Crippen LogP contribution >= 0.6 is 0 Å².